The number of rotatable bonds is 5. The highest BCUT2D eigenvalue weighted by Gasteiger charge is 2.18. The van der Waals surface area contributed by atoms with Crippen molar-refractivity contribution >= 4 is 43.6 Å². The number of hydrogen-bond acceptors (Lipinski definition) is 1. The first-order chi connectivity index (χ1) is 24.8. The summed E-state index contributed by atoms with van der Waals surface area (Å²) >= 11 is 0. The summed E-state index contributed by atoms with van der Waals surface area (Å²) in [7, 11) is 0. The molecule has 0 radical (unpaired) electrons. The van der Waals surface area contributed by atoms with Gasteiger partial charge in [0.2, 0.25) is 0 Å². The second-order valence-electron chi connectivity index (χ2n) is 12.8. The normalized spacial score (nSPS) is 11.6. The lowest BCUT2D eigenvalue weighted by Crippen LogP contribution is -2.00. The van der Waals surface area contributed by atoms with E-state index in [1.54, 1.807) is 0 Å². The van der Waals surface area contributed by atoms with Crippen LogP contribution in [0.3, 0.4) is 0 Å². The van der Waals surface area contributed by atoms with E-state index in [1.165, 1.54) is 55.0 Å². The summed E-state index contributed by atoms with van der Waals surface area (Å²) in [6, 6.07) is 67.3. The van der Waals surface area contributed by atoms with E-state index < -0.39 is 0 Å². The maximum atomic E-state index is 5.30. The highest BCUT2D eigenvalue weighted by atomic mass is 15.1. The summed E-state index contributed by atoms with van der Waals surface area (Å²) in [4.78, 5) is 5.30. The maximum absolute atomic E-state index is 5.30. The van der Waals surface area contributed by atoms with Crippen LogP contribution in [0.4, 0.5) is 0 Å². The van der Waals surface area contributed by atoms with Crippen molar-refractivity contribution in [3.05, 3.63) is 188 Å². The highest BCUT2D eigenvalue weighted by Crippen LogP contribution is 2.39. The van der Waals surface area contributed by atoms with Gasteiger partial charge in [-0.25, -0.2) is 4.98 Å². The van der Waals surface area contributed by atoms with Crippen LogP contribution < -0.4 is 0 Å². The zero-order valence-corrected chi connectivity index (χ0v) is 27.2. The van der Waals surface area contributed by atoms with E-state index >= 15 is 0 Å². The third kappa shape index (κ3) is 4.56. The largest absolute Gasteiger partial charge is 0.309 e. The van der Waals surface area contributed by atoms with Gasteiger partial charge in [-0.05, 0) is 82.9 Å². The van der Waals surface area contributed by atoms with Crippen LogP contribution >= 0.6 is 0 Å². The molecule has 0 spiro atoms. The Morgan fingerprint density at radius 3 is 1.40 bits per heavy atom. The minimum Gasteiger partial charge on any atom is -0.309 e. The fourth-order valence-corrected chi connectivity index (χ4v) is 7.59. The van der Waals surface area contributed by atoms with Crippen molar-refractivity contribution < 1.29 is 0 Å². The van der Waals surface area contributed by atoms with Crippen LogP contribution in [-0.4, -0.2) is 14.1 Å². The zero-order chi connectivity index (χ0) is 33.0. The predicted molar refractivity (Wildman–Crippen MR) is 209 cm³/mol. The van der Waals surface area contributed by atoms with Gasteiger partial charge in [0.15, 0.2) is 0 Å². The van der Waals surface area contributed by atoms with Crippen LogP contribution in [0.15, 0.2) is 188 Å². The third-order valence-corrected chi connectivity index (χ3v) is 9.91. The number of hydrogen-bond donors (Lipinski definition) is 0. The molecule has 10 rings (SSSR count). The lowest BCUT2D eigenvalue weighted by atomic mass is 10.0. The fourth-order valence-electron chi connectivity index (χ4n) is 7.59. The standard InChI is InChI=1S/C47H31N3/c1-4-14-32(15-5-1)36-30-42(33-16-6-2-7-17-33)48-47(31-36)50-44-23-13-11-21-39(44)41-29-35(25-27-46(41)50)34-24-26-45-40(28-34)38-20-10-12-22-43(38)49(45)37-18-8-3-9-19-37/h1-31H. The summed E-state index contributed by atoms with van der Waals surface area (Å²) in [5.41, 5.74) is 12.6. The molecule has 0 aliphatic rings. The minimum absolute atomic E-state index is 0.902. The van der Waals surface area contributed by atoms with Gasteiger partial charge in [0.1, 0.15) is 5.82 Å². The number of benzene rings is 7. The van der Waals surface area contributed by atoms with Crippen molar-refractivity contribution in [2.45, 2.75) is 0 Å². The molecule has 3 heteroatoms. The van der Waals surface area contributed by atoms with E-state index in [0.29, 0.717) is 0 Å². The molecule has 7 aromatic carbocycles. The van der Waals surface area contributed by atoms with E-state index in [2.05, 4.69) is 197 Å². The van der Waals surface area contributed by atoms with Gasteiger partial charge in [0.05, 0.1) is 27.8 Å². The number of pyridine rings is 1. The van der Waals surface area contributed by atoms with Crippen molar-refractivity contribution in [1.29, 1.82) is 0 Å². The average Bonchev–Trinajstić information content (AvgIpc) is 3.71. The number of nitrogens with zero attached hydrogens (tertiary/aromatic N) is 3. The van der Waals surface area contributed by atoms with E-state index in [4.69, 9.17) is 4.98 Å². The summed E-state index contributed by atoms with van der Waals surface area (Å²) in [6.45, 7) is 0. The van der Waals surface area contributed by atoms with Gasteiger partial charge in [-0.2, -0.15) is 0 Å². The number of aromatic nitrogens is 3. The molecule has 0 aliphatic heterocycles. The molecule has 0 amide bonds. The molecule has 0 N–H and O–H groups in total. The lowest BCUT2D eigenvalue weighted by Gasteiger charge is -2.13. The Kier molecular flexibility index (Phi) is 6.49. The van der Waals surface area contributed by atoms with E-state index in [9.17, 15) is 0 Å². The molecule has 234 valence electrons. The van der Waals surface area contributed by atoms with Crippen LogP contribution in [0.2, 0.25) is 0 Å². The van der Waals surface area contributed by atoms with Gasteiger partial charge in [0, 0.05) is 32.8 Å². The molecule has 10 aromatic rings. The summed E-state index contributed by atoms with van der Waals surface area (Å²) in [5, 5.41) is 4.92. The van der Waals surface area contributed by atoms with Crippen LogP contribution in [0.5, 0.6) is 0 Å². The molecule has 0 aliphatic carbocycles. The SMILES string of the molecule is c1ccc(-c2cc(-c3ccccc3)nc(-n3c4ccccc4c4cc(-c5ccc6c(c5)c5ccccc5n6-c5ccccc5)ccc43)c2)cc1. The quantitative estimate of drug-likeness (QED) is 0.184. The molecule has 3 heterocycles. The maximum Gasteiger partial charge on any atom is 0.138 e. The van der Waals surface area contributed by atoms with Crippen molar-refractivity contribution in [2.75, 3.05) is 0 Å². The Bertz CT molecular complexity index is 2790. The molecule has 0 unspecified atom stereocenters. The molecule has 0 saturated carbocycles. The van der Waals surface area contributed by atoms with Gasteiger partial charge >= 0.3 is 0 Å². The Morgan fingerprint density at radius 2 is 0.780 bits per heavy atom. The average molecular weight is 638 g/mol. The summed E-state index contributed by atoms with van der Waals surface area (Å²) < 4.78 is 4.69. The number of fused-ring (bicyclic) bond motifs is 6. The number of para-hydroxylation sites is 3. The zero-order valence-electron chi connectivity index (χ0n) is 27.2. The van der Waals surface area contributed by atoms with E-state index in [-0.39, 0.29) is 0 Å². The smallest absolute Gasteiger partial charge is 0.138 e. The molecule has 50 heavy (non-hydrogen) atoms. The Morgan fingerprint density at radius 1 is 0.300 bits per heavy atom. The molecular weight excluding hydrogens is 607 g/mol. The molecule has 0 bridgehead atoms. The summed E-state index contributed by atoms with van der Waals surface area (Å²) in [6.07, 6.45) is 0. The van der Waals surface area contributed by atoms with Gasteiger partial charge < -0.3 is 4.57 Å². The van der Waals surface area contributed by atoms with E-state index in [0.717, 1.165) is 33.7 Å². The third-order valence-electron chi connectivity index (χ3n) is 9.91. The van der Waals surface area contributed by atoms with Crippen LogP contribution in [0.1, 0.15) is 0 Å². The van der Waals surface area contributed by atoms with Crippen LogP contribution in [-0.2, 0) is 0 Å². The Balaban J connectivity index is 1.17. The van der Waals surface area contributed by atoms with E-state index in [1.807, 2.05) is 0 Å². The van der Waals surface area contributed by atoms with Crippen LogP contribution in [0, 0.1) is 0 Å². The van der Waals surface area contributed by atoms with Gasteiger partial charge in [-0.15, -0.1) is 0 Å². The molecule has 0 saturated heterocycles. The van der Waals surface area contributed by atoms with Gasteiger partial charge in [-0.3, -0.25) is 4.57 Å². The second-order valence-corrected chi connectivity index (χ2v) is 12.8. The van der Waals surface area contributed by atoms with Crippen molar-refractivity contribution in [3.63, 3.8) is 0 Å². The molecule has 0 fully saturated rings. The van der Waals surface area contributed by atoms with Gasteiger partial charge in [-0.1, -0.05) is 127 Å². The lowest BCUT2D eigenvalue weighted by molar-refractivity contribution is 1.08. The Labute approximate surface area is 290 Å². The topological polar surface area (TPSA) is 22.8 Å². The highest BCUT2D eigenvalue weighted by molar-refractivity contribution is 6.12. The monoisotopic (exact) mass is 637 g/mol. The first kappa shape index (κ1) is 28.3. The summed E-state index contributed by atoms with van der Waals surface area (Å²) in [5.74, 6) is 0.902. The predicted octanol–water partition coefficient (Wildman–Crippen LogP) is 12.3. The first-order valence-corrected chi connectivity index (χ1v) is 17.1. The van der Waals surface area contributed by atoms with Crippen LogP contribution in [0.25, 0.3) is 88.6 Å². The molecule has 3 aromatic heterocycles. The first-order valence-electron chi connectivity index (χ1n) is 17.1. The Hall–Kier alpha value is -6.71. The fraction of sp³-hybridized carbons (Fsp3) is 0. The second kappa shape index (κ2) is 11.5. The van der Waals surface area contributed by atoms with Crippen molar-refractivity contribution in [1.82, 2.24) is 14.1 Å². The minimum atomic E-state index is 0.902. The van der Waals surface area contributed by atoms with Gasteiger partial charge in [0.25, 0.3) is 0 Å². The van der Waals surface area contributed by atoms with Crippen molar-refractivity contribution in [2.24, 2.45) is 0 Å². The molecular formula is C47H31N3. The molecule has 3 nitrogen and oxygen atoms in total. The molecule has 0 atom stereocenters. The van der Waals surface area contributed by atoms with Crippen molar-refractivity contribution in [3.8, 4) is 45.0 Å².